The van der Waals surface area contributed by atoms with Gasteiger partial charge < -0.3 is 14.6 Å². The lowest BCUT2D eigenvalue weighted by molar-refractivity contribution is 0.129. The Morgan fingerprint density at radius 2 is 2.12 bits per heavy atom. The Balaban J connectivity index is 2.52. The van der Waals surface area contributed by atoms with Crippen LogP contribution in [0.3, 0.4) is 0 Å². The van der Waals surface area contributed by atoms with E-state index in [-0.39, 0.29) is 5.82 Å². The number of hydrogen-bond acceptors (Lipinski definition) is 3. The molecule has 0 aromatic heterocycles. The van der Waals surface area contributed by atoms with Gasteiger partial charge in [-0.15, -0.1) is 0 Å². The van der Waals surface area contributed by atoms with Crippen molar-refractivity contribution < 1.29 is 19.0 Å². The molecule has 0 saturated carbocycles. The van der Waals surface area contributed by atoms with E-state index >= 15 is 0 Å². The van der Waals surface area contributed by atoms with Gasteiger partial charge in [0.05, 0.1) is 12.7 Å². The molecule has 4 heteroatoms. The van der Waals surface area contributed by atoms with E-state index in [0.717, 1.165) is 6.42 Å². The molecule has 1 N–H and O–H groups in total. The van der Waals surface area contributed by atoms with Gasteiger partial charge in [0, 0.05) is 25.2 Å². The number of hydrogen-bond donors (Lipinski definition) is 1. The quantitative estimate of drug-likeness (QED) is 0.747. The van der Waals surface area contributed by atoms with E-state index in [9.17, 15) is 9.50 Å². The number of ether oxygens (including phenoxy) is 2. The smallest absolute Gasteiger partial charge is 0.125 e. The van der Waals surface area contributed by atoms with Crippen molar-refractivity contribution in [2.24, 2.45) is 0 Å². The molecule has 1 rings (SSSR count). The number of rotatable bonds is 7. The number of benzene rings is 1. The molecular weight excluding hydrogens is 223 g/mol. The number of halogens is 1. The fourth-order valence-corrected chi connectivity index (χ4v) is 1.46. The Bertz CT molecular complexity index is 339. The summed E-state index contributed by atoms with van der Waals surface area (Å²) in [5.41, 5.74) is 0.474. The Kier molecular flexibility index (Phi) is 5.94. The second-order valence-corrected chi connectivity index (χ2v) is 3.76. The van der Waals surface area contributed by atoms with Crippen molar-refractivity contribution in [1.82, 2.24) is 0 Å². The molecule has 0 amide bonds. The average molecular weight is 242 g/mol. The highest BCUT2D eigenvalue weighted by atomic mass is 19.1. The van der Waals surface area contributed by atoms with Crippen LogP contribution >= 0.6 is 0 Å². The zero-order valence-corrected chi connectivity index (χ0v) is 10.3. The predicted molar refractivity (Wildman–Crippen MR) is 63.6 cm³/mol. The van der Waals surface area contributed by atoms with Gasteiger partial charge in [0.25, 0.3) is 0 Å². The predicted octanol–water partition coefficient (Wildman–Crippen LogP) is 2.68. The molecule has 1 aromatic carbocycles. The van der Waals surface area contributed by atoms with Crippen molar-refractivity contribution in [3.8, 4) is 5.75 Å². The Morgan fingerprint density at radius 3 is 2.76 bits per heavy atom. The van der Waals surface area contributed by atoms with Crippen molar-refractivity contribution >= 4 is 0 Å². The molecule has 0 aliphatic carbocycles. The summed E-state index contributed by atoms with van der Waals surface area (Å²) in [6, 6.07) is 4.16. The SMILES string of the molecule is CCOCCCOc1ccc(F)cc1[C@H](C)O. The lowest BCUT2D eigenvalue weighted by Gasteiger charge is -2.13. The monoisotopic (exact) mass is 242 g/mol. The Morgan fingerprint density at radius 1 is 1.35 bits per heavy atom. The van der Waals surface area contributed by atoms with Crippen LogP contribution in [0.5, 0.6) is 5.75 Å². The van der Waals surface area contributed by atoms with Gasteiger partial charge in [-0.2, -0.15) is 0 Å². The van der Waals surface area contributed by atoms with E-state index in [4.69, 9.17) is 9.47 Å². The number of aliphatic hydroxyl groups is 1. The molecule has 1 atom stereocenters. The molecule has 0 radical (unpaired) electrons. The van der Waals surface area contributed by atoms with Crippen LogP contribution < -0.4 is 4.74 Å². The minimum absolute atomic E-state index is 0.373. The molecule has 1 aromatic rings. The Hall–Kier alpha value is -1.13. The van der Waals surface area contributed by atoms with Gasteiger partial charge in [0.1, 0.15) is 11.6 Å². The summed E-state index contributed by atoms with van der Waals surface area (Å²) in [5, 5.41) is 9.50. The van der Waals surface area contributed by atoms with Crippen LogP contribution in [0.15, 0.2) is 18.2 Å². The third kappa shape index (κ3) is 4.71. The van der Waals surface area contributed by atoms with Gasteiger partial charge in [-0.25, -0.2) is 4.39 Å². The minimum atomic E-state index is -0.743. The maximum absolute atomic E-state index is 13.0. The maximum atomic E-state index is 13.0. The topological polar surface area (TPSA) is 38.7 Å². The lowest BCUT2D eigenvalue weighted by Crippen LogP contribution is -2.05. The molecule has 0 unspecified atom stereocenters. The van der Waals surface area contributed by atoms with E-state index < -0.39 is 6.10 Å². The molecule has 0 fully saturated rings. The second kappa shape index (κ2) is 7.25. The fraction of sp³-hybridized carbons (Fsp3) is 0.538. The second-order valence-electron chi connectivity index (χ2n) is 3.76. The van der Waals surface area contributed by atoms with E-state index in [2.05, 4.69) is 0 Å². The number of aliphatic hydroxyl groups excluding tert-OH is 1. The van der Waals surface area contributed by atoms with Crippen molar-refractivity contribution in [3.05, 3.63) is 29.6 Å². The van der Waals surface area contributed by atoms with E-state index in [1.54, 1.807) is 6.92 Å². The first kappa shape index (κ1) is 13.9. The van der Waals surface area contributed by atoms with Crippen LogP contribution in [0.1, 0.15) is 31.9 Å². The van der Waals surface area contributed by atoms with Crippen molar-refractivity contribution in [1.29, 1.82) is 0 Å². The molecule has 0 aliphatic heterocycles. The summed E-state index contributed by atoms with van der Waals surface area (Å²) in [7, 11) is 0. The highest BCUT2D eigenvalue weighted by Gasteiger charge is 2.10. The first-order valence-electron chi connectivity index (χ1n) is 5.83. The van der Waals surface area contributed by atoms with Crippen LogP contribution in [0.25, 0.3) is 0 Å². The van der Waals surface area contributed by atoms with Gasteiger partial charge in [-0.3, -0.25) is 0 Å². The molecule has 0 spiro atoms. The molecule has 0 saturated heterocycles. The van der Waals surface area contributed by atoms with E-state index in [1.807, 2.05) is 6.92 Å². The normalized spacial score (nSPS) is 12.5. The zero-order chi connectivity index (χ0) is 12.7. The fourth-order valence-electron chi connectivity index (χ4n) is 1.46. The van der Waals surface area contributed by atoms with Crippen LogP contribution in [0.4, 0.5) is 4.39 Å². The largest absolute Gasteiger partial charge is 0.493 e. The van der Waals surface area contributed by atoms with Crippen LogP contribution in [-0.2, 0) is 4.74 Å². The summed E-state index contributed by atoms with van der Waals surface area (Å²) in [4.78, 5) is 0. The average Bonchev–Trinajstić information content (AvgIpc) is 2.30. The van der Waals surface area contributed by atoms with Gasteiger partial charge in [-0.1, -0.05) is 0 Å². The standard InChI is InChI=1S/C13H19FO3/c1-3-16-7-4-8-17-13-6-5-11(14)9-12(13)10(2)15/h5-6,9-10,15H,3-4,7-8H2,1-2H3/t10-/m0/s1. The molecular formula is C13H19FO3. The van der Waals surface area contributed by atoms with Gasteiger partial charge in [0.15, 0.2) is 0 Å². The van der Waals surface area contributed by atoms with Gasteiger partial charge in [-0.05, 0) is 32.0 Å². The van der Waals surface area contributed by atoms with Gasteiger partial charge in [0.2, 0.25) is 0 Å². The van der Waals surface area contributed by atoms with Crippen molar-refractivity contribution in [2.45, 2.75) is 26.4 Å². The first-order valence-corrected chi connectivity index (χ1v) is 5.83. The molecule has 0 bridgehead atoms. The zero-order valence-electron chi connectivity index (χ0n) is 10.3. The highest BCUT2D eigenvalue weighted by Crippen LogP contribution is 2.25. The molecule has 0 heterocycles. The van der Waals surface area contributed by atoms with Crippen LogP contribution in [-0.4, -0.2) is 24.9 Å². The molecule has 3 nitrogen and oxygen atoms in total. The third-order valence-electron chi connectivity index (χ3n) is 2.32. The summed E-state index contributed by atoms with van der Waals surface area (Å²) in [5.74, 6) is 0.153. The molecule has 0 aliphatic rings. The summed E-state index contributed by atoms with van der Waals surface area (Å²) < 4.78 is 23.7. The van der Waals surface area contributed by atoms with Crippen LogP contribution in [0, 0.1) is 5.82 Å². The maximum Gasteiger partial charge on any atom is 0.125 e. The highest BCUT2D eigenvalue weighted by molar-refractivity contribution is 5.35. The van der Waals surface area contributed by atoms with E-state index in [0.29, 0.717) is 31.1 Å². The third-order valence-corrected chi connectivity index (χ3v) is 2.32. The molecule has 96 valence electrons. The van der Waals surface area contributed by atoms with Crippen LogP contribution in [0.2, 0.25) is 0 Å². The van der Waals surface area contributed by atoms with Gasteiger partial charge >= 0.3 is 0 Å². The van der Waals surface area contributed by atoms with Crippen molar-refractivity contribution in [2.75, 3.05) is 19.8 Å². The summed E-state index contributed by atoms with van der Waals surface area (Å²) >= 11 is 0. The summed E-state index contributed by atoms with van der Waals surface area (Å²) in [6.07, 6.45) is 0.0253. The summed E-state index contributed by atoms with van der Waals surface area (Å²) in [6.45, 7) is 5.34. The van der Waals surface area contributed by atoms with E-state index in [1.165, 1.54) is 18.2 Å². The first-order chi connectivity index (χ1) is 8.15. The Labute approximate surface area is 101 Å². The lowest BCUT2D eigenvalue weighted by atomic mass is 10.1. The van der Waals surface area contributed by atoms with Crippen molar-refractivity contribution in [3.63, 3.8) is 0 Å². The molecule has 17 heavy (non-hydrogen) atoms. The minimum Gasteiger partial charge on any atom is -0.493 e.